The molecule has 8 heteroatoms. The molecule has 1 heterocycles. The monoisotopic (exact) mass is 423 g/mol. The summed E-state index contributed by atoms with van der Waals surface area (Å²) in [4.78, 5) is 11.2. The quantitative estimate of drug-likeness (QED) is 0.734. The van der Waals surface area contributed by atoms with Gasteiger partial charge in [0.05, 0.1) is 10.5 Å². The summed E-state index contributed by atoms with van der Waals surface area (Å²) in [6.45, 7) is 1.82. The molecule has 0 radical (unpaired) electrons. The number of ether oxygens (including phenoxy) is 1. The minimum atomic E-state index is -3.72. The Kier molecular flexibility index (Phi) is 6.72. The van der Waals surface area contributed by atoms with Gasteiger partial charge in [0.2, 0.25) is 10.0 Å². The van der Waals surface area contributed by atoms with Gasteiger partial charge in [0, 0.05) is 31.3 Å². The van der Waals surface area contributed by atoms with Crippen LogP contribution in [0.25, 0.3) is 0 Å². The summed E-state index contributed by atoms with van der Waals surface area (Å²) >= 11 is 5.90. The molecule has 2 aromatic rings. The Morgan fingerprint density at radius 1 is 1.07 bits per heavy atom. The van der Waals surface area contributed by atoms with Crippen LogP contribution < -0.4 is 0 Å². The molecule has 0 unspecified atom stereocenters. The Morgan fingerprint density at radius 3 is 2.25 bits per heavy atom. The van der Waals surface area contributed by atoms with Gasteiger partial charge in [-0.1, -0.05) is 23.7 Å². The van der Waals surface area contributed by atoms with Crippen LogP contribution in [0.5, 0.6) is 0 Å². The van der Waals surface area contributed by atoms with Gasteiger partial charge in [0.15, 0.2) is 0 Å². The van der Waals surface area contributed by atoms with E-state index < -0.39 is 16.0 Å². The maximum Gasteiger partial charge on any atom is 0.335 e. The zero-order valence-corrected chi connectivity index (χ0v) is 16.8. The summed E-state index contributed by atoms with van der Waals surface area (Å²) in [6, 6.07) is 12.4. The number of carboxylic acid groups (broad SMARTS) is 1. The third-order valence-electron chi connectivity index (χ3n) is 4.81. The normalized spacial score (nSPS) is 15.6. The molecular formula is C20H22ClNO5S. The Bertz CT molecular complexity index is 907. The molecule has 0 aromatic heterocycles. The lowest BCUT2D eigenvalue weighted by molar-refractivity contribution is 0.0601. The molecular weight excluding hydrogens is 402 g/mol. The predicted octanol–water partition coefficient (Wildman–Crippen LogP) is 3.66. The van der Waals surface area contributed by atoms with Crippen LogP contribution in [0.15, 0.2) is 53.4 Å². The Balaban J connectivity index is 1.87. The zero-order chi connectivity index (χ0) is 20.1. The van der Waals surface area contributed by atoms with Crippen molar-refractivity contribution in [2.75, 3.05) is 19.8 Å². The van der Waals surface area contributed by atoms with Crippen molar-refractivity contribution in [1.29, 1.82) is 0 Å². The molecule has 1 N–H and O–H groups in total. The fraction of sp³-hybridized carbons (Fsp3) is 0.350. The smallest absolute Gasteiger partial charge is 0.335 e. The lowest BCUT2D eigenvalue weighted by Gasteiger charge is -2.29. The number of nitrogens with zero attached hydrogens (tertiary/aromatic N) is 1. The van der Waals surface area contributed by atoms with Gasteiger partial charge in [-0.15, -0.1) is 0 Å². The van der Waals surface area contributed by atoms with Crippen LogP contribution in [0.1, 0.15) is 28.8 Å². The number of carbonyl (C=O) groups is 1. The summed E-state index contributed by atoms with van der Waals surface area (Å²) in [5, 5.41) is 9.52. The van der Waals surface area contributed by atoms with E-state index in [0.717, 1.165) is 18.4 Å². The highest BCUT2D eigenvalue weighted by Crippen LogP contribution is 2.25. The average Bonchev–Trinajstić information content (AvgIpc) is 2.69. The van der Waals surface area contributed by atoms with Crippen LogP contribution in [0.4, 0.5) is 0 Å². The van der Waals surface area contributed by atoms with Crippen LogP contribution in [-0.4, -0.2) is 43.6 Å². The summed E-state index contributed by atoms with van der Waals surface area (Å²) in [5.74, 6) is -0.798. The largest absolute Gasteiger partial charge is 0.478 e. The topological polar surface area (TPSA) is 83.9 Å². The van der Waals surface area contributed by atoms with Gasteiger partial charge in [0.1, 0.15) is 0 Å². The lowest BCUT2D eigenvalue weighted by atomic mass is 10.0. The second kappa shape index (κ2) is 9.05. The maximum absolute atomic E-state index is 13.3. The molecule has 0 spiro atoms. The van der Waals surface area contributed by atoms with E-state index in [9.17, 15) is 13.2 Å². The standard InChI is InChI=1S/C20H22ClNO5S/c21-18-5-7-19(8-6-18)28(25,26)22(14-16-9-11-27-12-10-16)13-15-1-3-17(4-2-15)20(23)24/h1-8,16H,9-14H2,(H,23,24). The molecule has 1 aliphatic heterocycles. The van der Waals surface area contributed by atoms with E-state index in [4.69, 9.17) is 21.4 Å². The van der Waals surface area contributed by atoms with E-state index in [-0.39, 0.29) is 22.9 Å². The highest BCUT2D eigenvalue weighted by Gasteiger charge is 2.28. The average molecular weight is 424 g/mol. The summed E-state index contributed by atoms with van der Waals surface area (Å²) in [6.07, 6.45) is 1.62. The first-order chi connectivity index (χ1) is 13.4. The number of rotatable bonds is 7. The van der Waals surface area contributed by atoms with Gasteiger partial charge in [0.25, 0.3) is 0 Å². The predicted molar refractivity (Wildman–Crippen MR) is 106 cm³/mol. The number of hydrogen-bond acceptors (Lipinski definition) is 4. The van der Waals surface area contributed by atoms with E-state index in [0.29, 0.717) is 24.8 Å². The molecule has 0 saturated carbocycles. The van der Waals surface area contributed by atoms with E-state index in [1.165, 1.54) is 28.6 Å². The van der Waals surface area contributed by atoms with Gasteiger partial charge in [-0.3, -0.25) is 0 Å². The van der Waals surface area contributed by atoms with Gasteiger partial charge < -0.3 is 9.84 Å². The minimum absolute atomic E-state index is 0.167. The summed E-state index contributed by atoms with van der Waals surface area (Å²) in [7, 11) is -3.72. The van der Waals surface area contributed by atoms with Crippen molar-refractivity contribution >= 4 is 27.6 Å². The molecule has 2 aromatic carbocycles. The van der Waals surface area contributed by atoms with Crippen molar-refractivity contribution in [1.82, 2.24) is 4.31 Å². The Labute approximate surface area is 169 Å². The number of benzene rings is 2. The molecule has 1 saturated heterocycles. The first-order valence-electron chi connectivity index (χ1n) is 9.02. The van der Waals surface area contributed by atoms with Gasteiger partial charge in [-0.2, -0.15) is 4.31 Å². The third kappa shape index (κ3) is 5.11. The first kappa shape index (κ1) is 20.8. The van der Waals surface area contributed by atoms with Crippen molar-refractivity contribution in [3.63, 3.8) is 0 Å². The van der Waals surface area contributed by atoms with Gasteiger partial charge in [-0.05, 0) is 60.7 Å². The maximum atomic E-state index is 13.3. The van der Waals surface area contributed by atoms with Gasteiger partial charge in [-0.25, -0.2) is 13.2 Å². The fourth-order valence-corrected chi connectivity index (χ4v) is 4.81. The van der Waals surface area contributed by atoms with Crippen LogP contribution >= 0.6 is 11.6 Å². The fourth-order valence-electron chi connectivity index (χ4n) is 3.18. The SMILES string of the molecule is O=C(O)c1ccc(CN(CC2CCOCC2)S(=O)(=O)c2ccc(Cl)cc2)cc1. The number of halogens is 1. The first-order valence-corrected chi connectivity index (χ1v) is 10.8. The van der Waals surface area contributed by atoms with Gasteiger partial charge >= 0.3 is 5.97 Å². The van der Waals surface area contributed by atoms with Crippen LogP contribution in [0, 0.1) is 5.92 Å². The van der Waals surface area contributed by atoms with E-state index in [2.05, 4.69) is 0 Å². The number of carboxylic acids is 1. The number of sulfonamides is 1. The Morgan fingerprint density at radius 2 is 1.68 bits per heavy atom. The van der Waals surface area contributed by atoms with E-state index >= 15 is 0 Å². The summed E-state index contributed by atoms with van der Waals surface area (Å²) in [5.41, 5.74) is 0.898. The van der Waals surface area contributed by atoms with Crippen molar-refractivity contribution in [2.24, 2.45) is 5.92 Å². The van der Waals surface area contributed by atoms with Crippen molar-refractivity contribution < 1.29 is 23.1 Å². The molecule has 0 bridgehead atoms. The van der Waals surface area contributed by atoms with Crippen molar-refractivity contribution in [3.8, 4) is 0 Å². The third-order valence-corrected chi connectivity index (χ3v) is 6.89. The molecule has 6 nitrogen and oxygen atoms in total. The van der Waals surface area contributed by atoms with Crippen molar-refractivity contribution in [2.45, 2.75) is 24.3 Å². The van der Waals surface area contributed by atoms with Crippen LogP contribution in [0.2, 0.25) is 5.02 Å². The second-order valence-electron chi connectivity index (χ2n) is 6.81. The molecule has 1 aliphatic rings. The molecule has 0 atom stereocenters. The van der Waals surface area contributed by atoms with Crippen LogP contribution in [-0.2, 0) is 21.3 Å². The zero-order valence-electron chi connectivity index (χ0n) is 15.3. The molecule has 3 rings (SSSR count). The summed E-state index contributed by atoms with van der Waals surface area (Å²) < 4.78 is 33.3. The second-order valence-corrected chi connectivity index (χ2v) is 9.18. The minimum Gasteiger partial charge on any atom is -0.478 e. The van der Waals surface area contributed by atoms with E-state index in [1.54, 1.807) is 24.3 Å². The molecule has 150 valence electrons. The number of aromatic carboxylic acids is 1. The molecule has 0 aliphatic carbocycles. The van der Waals surface area contributed by atoms with Crippen molar-refractivity contribution in [3.05, 3.63) is 64.7 Å². The lowest BCUT2D eigenvalue weighted by Crippen LogP contribution is -2.36. The molecule has 28 heavy (non-hydrogen) atoms. The molecule has 0 amide bonds. The number of hydrogen-bond donors (Lipinski definition) is 1. The van der Waals surface area contributed by atoms with E-state index in [1.807, 2.05) is 0 Å². The highest BCUT2D eigenvalue weighted by molar-refractivity contribution is 7.89. The molecule has 1 fully saturated rings. The Hall–Kier alpha value is -1.93. The van der Waals surface area contributed by atoms with Crippen LogP contribution in [0.3, 0.4) is 0 Å². The highest BCUT2D eigenvalue weighted by atomic mass is 35.5.